The minimum Gasteiger partial charge on any atom is -0.496 e. The Morgan fingerprint density at radius 1 is 1.16 bits per heavy atom. The van der Waals surface area contributed by atoms with Crippen molar-refractivity contribution >= 4 is 50.0 Å². The first-order valence-corrected chi connectivity index (χ1v) is 21.5. The number of nitrogens with zero attached hydrogens (tertiary/aromatic N) is 4. The zero-order valence-corrected chi connectivity index (χ0v) is 34.6. The Kier molecular flexibility index (Phi) is 12.3. The molecule has 0 radical (unpaired) electrons. The topological polar surface area (TPSA) is 160 Å². The third kappa shape index (κ3) is 9.03. The third-order valence-corrected chi connectivity index (χ3v) is 14.4. The molecular formula is C40H49F3N6O7S2. The fourth-order valence-corrected chi connectivity index (χ4v) is 9.44. The SMILES string of the molecule is C=CCCCCN(C)C(=O)C[C@@H]1C[C@H](Oc2cc(-c3nc(C(F)(F)F)cs3)nc3c(C)c(OC)ccc23)CN1CC(=O)N[C@]1(C(=O)NS(=O)(=O)C2(C)CC2)C[C@H]1C=C. The number of sulfonamides is 1. The van der Waals surface area contributed by atoms with E-state index in [4.69, 9.17) is 9.47 Å². The van der Waals surface area contributed by atoms with Crippen molar-refractivity contribution in [2.75, 3.05) is 33.8 Å². The van der Waals surface area contributed by atoms with Crippen LogP contribution in [0.25, 0.3) is 21.6 Å². The summed E-state index contributed by atoms with van der Waals surface area (Å²) in [7, 11) is -0.745. The van der Waals surface area contributed by atoms with Crippen molar-refractivity contribution in [3.63, 3.8) is 0 Å². The number of carbonyl (C=O) groups is 3. The molecule has 3 aromatic rings. The Labute approximate surface area is 340 Å². The molecule has 3 amide bonds. The van der Waals surface area contributed by atoms with Crippen LogP contribution in [-0.4, -0.2) is 102 Å². The Morgan fingerprint density at radius 2 is 1.90 bits per heavy atom. The molecule has 2 saturated carbocycles. The van der Waals surface area contributed by atoms with Crippen molar-refractivity contribution in [3.8, 4) is 22.2 Å². The lowest BCUT2D eigenvalue weighted by Crippen LogP contribution is -2.55. The van der Waals surface area contributed by atoms with E-state index in [2.05, 4.69) is 33.2 Å². The highest BCUT2D eigenvalue weighted by molar-refractivity contribution is 7.91. The minimum atomic E-state index is -4.64. The number of methoxy groups -OCH3 is 1. The number of allylic oxidation sites excluding steroid dienone is 1. The molecule has 2 aliphatic carbocycles. The van der Waals surface area contributed by atoms with E-state index in [1.807, 2.05) is 6.08 Å². The summed E-state index contributed by atoms with van der Waals surface area (Å²) in [5.74, 6) is -1.15. The van der Waals surface area contributed by atoms with E-state index in [1.54, 1.807) is 48.9 Å². The summed E-state index contributed by atoms with van der Waals surface area (Å²) in [6, 6.07) is 4.56. The van der Waals surface area contributed by atoms with Crippen LogP contribution < -0.4 is 19.5 Å². The number of pyridine rings is 1. The van der Waals surface area contributed by atoms with Gasteiger partial charge in [-0.1, -0.05) is 12.2 Å². The summed E-state index contributed by atoms with van der Waals surface area (Å²) in [5.41, 5.74) is -1.28. The van der Waals surface area contributed by atoms with Crippen molar-refractivity contribution in [1.29, 1.82) is 0 Å². The van der Waals surface area contributed by atoms with Crippen molar-refractivity contribution in [2.24, 2.45) is 5.92 Å². The second-order valence-corrected chi connectivity index (χ2v) is 18.7. The molecule has 0 spiro atoms. The van der Waals surface area contributed by atoms with Gasteiger partial charge in [0.25, 0.3) is 5.91 Å². The van der Waals surface area contributed by atoms with Gasteiger partial charge in [0.2, 0.25) is 21.8 Å². The number of halogens is 3. The number of carbonyl (C=O) groups excluding carboxylic acids is 3. The van der Waals surface area contributed by atoms with Crippen LogP contribution in [0.5, 0.6) is 11.5 Å². The zero-order valence-electron chi connectivity index (χ0n) is 33.0. The van der Waals surface area contributed by atoms with Crippen molar-refractivity contribution in [1.82, 2.24) is 29.8 Å². The van der Waals surface area contributed by atoms with E-state index in [1.165, 1.54) is 13.2 Å². The maximum Gasteiger partial charge on any atom is 0.434 e. The van der Waals surface area contributed by atoms with Crippen LogP contribution in [0.3, 0.4) is 0 Å². The lowest BCUT2D eigenvalue weighted by Gasteiger charge is -2.27. The lowest BCUT2D eigenvalue weighted by molar-refractivity contribution is -0.140. The number of fused-ring (bicyclic) bond motifs is 1. The molecule has 0 bridgehead atoms. The van der Waals surface area contributed by atoms with Gasteiger partial charge in [-0.15, -0.1) is 24.5 Å². The van der Waals surface area contributed by atoms with Gasteiger partial charge in [-0.3, -0.25) is 24.0 Å². The monoisotopic (exact) mass is 846 g/mol. The first-order valence-electron chi connectivity index (χ1n) is 19.1. The van der Waals surface area contributed by atoms with E-state index < -0.39 is 62.1 Å². The van der Waals surface area contributed by atoms with Crippen LogP contribution in [0.15, 0.2) is 48.9 Å². The second kappa shape index (κ2) is 16.6. The Balaban J connectivity index is 1.26. The Morgan fingerprint density at radius 3 is 2.52 bits per heavy atom. The number of aryl methyl sites for hydroxylation is 1. The molecule has 3 heterocycles. The summed E-state index contributed by atoms with van der Waals surface area (Å²) in [6.07, 6.45) is 1.99. The average Bonchev–Trinajstić information content (AvgIpc) is 3.97. The summed E-state index contributed by atoms with van der Waals surface area (Å²) < 4.78 is 79.7. The molecule has 3 fully saturated rings. The molecule has 2 aromatic heterocycles. The molecule has 18 heteroatoms. The van der Waals surface area contributed by atoms with Crippen LogP contribution >= 0.6 is 11.3 Å². The standard InChI is InChI=1S/C40H49F3N6O7S2/c1-7-9-10-11-16-48(5)34(51)18-26-17-27(21-49(26)22-33(50)46-39(20-25(39)8-2)37(52)47-58(53,54)38(4)14-15-38)56-31-19-29(36-45-32(23-57-36)40(41,42)43)44-35-24(3)30(55-6)13-12-28(31)35/h7-8,12-13,19,23,25-27H,1-2,9-11,14-18,20-22H2,3-6H3,(H,46,50)(H,47,52)/t25-,26+,27+,39-/m1/s1. The molecule has 58 heavy (non-hydrogen) atoms. The number of amides is 3. The predicted octanol–water partition coefficient (Wildman–Crippen LogP) is 5.78. The fraction of sp³-hybridized carbons (Fsp3) is 0.525. The maximum absolute atomic E-state index is 13.8. The summed E-state index contributed by atoms with van der Waals surface area (Å²) in [6.45, 7) is 11.3. The van der Waals surface area contributed by atoms with Gasteiger partial charge >= 0.3 is 6.18 Å². The van der Waals surface area contributed by atoms with E-state index >= 15 is 0 Å². The number of benzene rings is 1. The maximum atomic E-state index is 13.8. The normalized spacial score (nSPS) is 22.6. The Hall–Kier alpha value is -4.55. The quantitative estimate of drug-likeness (QED) is 0.119. The molecule has 6 rings (SSSR count). The van der Waals surface area contributed by atoms with Crippen LogP contribution in [-0.2, 0) is 30.6 Å². The molecule has 1 aliphatic heterocycles. The summed E-state index contributed by atoms with van der Waals surface area (Å²) in [4.78, 5) is 52.8. The molecule has 2 N–H and O–H groups in total. The van der Waals surface area contributed by atoms with Gasteiger partial charge in [0, 0.05) is 67.3 Å². The smallest absolute Gasteiger partial charge is 0.434 e. The molecule has 314 valence electrons. The molecule has 13 nitrogen and oxygen atoms in total. The van der Waals surface area contributed by atoms with Crippen molar-refractivity contribution in [2.45, 2.75) is 93.8 Å². The highest BCUT2D eigenvalue weighted by atomic mass is 32.2. The largest absolute Gasteiger partial charge is 0.496 e. The minimum absolute atomic E-state index is 0.0422. The van der Waals surface area contributed by atoms with Crippen molar-refractivity contribution < 1.29 is 45.4 Å². The van der Waals surface area contributed by atoms with Gasteiger partial charge in [-0.05, 0) is 64.5 Å². The van der Waals surface area contributed by atoms with Gasteiger partial charge in [0.05, 0.1) is 23.9 Å². The average molecular weight is 847 g/mol. The molecule has 1 aromatic carbocycles. The zero-order chi connectivity index (χ0) is 42.2. The van der Waals surface area contributed by atoms with Crippen molar-refractivity contribution in [3.05, 3.63) is 60.1 Å². The number of unbranched alkanes of at least 4 members (excludes halogenated alkanes) is 2. The highest BCUT2D eigenvalue weighted by Crippen LogP contribution is 2.47. The molecule has 3 aliphatic rings. The molecule has 4 atom stereocenters. The van der Waals surface area contributed by atoms with Gasteiger partial charge in [0.1, 0.15) is 33.8 Å². The summed E-state index contributed by atoms with van der Waals surface area (Å²) >= 11 is 0.803. The number of aromatic nitrogens is 2. The number of ether oxygens (including phenoxy) is 2. The predicted molar refractivity (Wildman–Crippen MR) is 214 cm³/mol. The Bertz CT molecular complexity index is 2210. The van der Waals surface area contributed by atoms with Crippen LogP contribution in [0.1, 0.15) is 69.5 Å². The van der Waals surface area contributed by atoms with Gasteiger partial charge in [-0.25, -0.2) is 18.4 Å². The van der Waals surface area contributed by atoms with Crippen LogP contribution in [0, 0.1) is 12.8 Å². The van der Waals surface area contributed by atoms with Gasteiger partial charge < -0.3 is 19.7 Å². The number of alkyl halides is 3. The first-order chi connectivity index (χ1) is 27.3. The summed E-state index contributed by atoms with van der Waals surface area (Å²) in [5, 5.41) is 4.34. The second-order valence-electron chi connectivity index (χ2n) is 15.6. The fourth-order valence-electron chi connectivity index (χ4n) is 7.35. The van der Waals surface area contributed by atoms with Crippen LogP contribution in [0.4, 0.5) is 13.2 Å². The van der Waals surface area contributed by atoms with Crippen LogP contribution in [0.2, 0.25) is 0 Å². The first kappa shape index (κ1) is 43.0. The van der Waals surface area contributed by atoms with E-state index in [9.17, 15) is 36.0 Å². The molecular weight excluding hydrogens is 798 g/mol. The van der Waals surface area contributed by atoms with Gasteiger partial charge in [0.15, 0.2) is 5.69 Å². The third-order valence-electron chi connectivity index (χ3n) is 11.4. The lowest BCUT2D eigenvalue weighted by atomic mass is 10.1. The van der Waals surface area contributed by atoms with Gasteiger partial charge in [-0.2, -0.15) is 13.2 Å². The number of thiazole rings is 1. The van der Waals surface area contributed by atoms with E-state index in [-0.39, 0.29) is 42.5 Å². The molecule has 1 saturated heterocycles. The number of hydrogen-bond donors (Lipinski definition) is 2. The van der Waals surface area contributed by atoms with E-state index in [0.717, 1.165) is 36.0 Å². The highest BCUT2D eigenvalue weighted by Gasteiger charge is 2.62. The number of likely N-dealkylation sites (tertiary alicyclic amines) is 1. The number of hydrogen-bond acceptors (Lipinski definition) is 11. The number of nitrogens with one attached hydrogen (secondary N) is 2. The van der Waals surface area contributed by atoms with E-state index in [0.29, 0.717) is 53.8 Å². The molecule has 0 unspecified atom stereocenters. The number of rotatable bonds is 18.